The average molecular weight is 170 g/mol. The maximum absolute atomic E-state index is 10.9. The Morgan fingerprint density at radius 2 is 2.55 bits per heavy atom. The third kappa shape index (κ3) is 3.10. The van der Waals surface area contributed by atoms with Crippen LogP contribution < -0.4 is 0 Å². The fraction of sp³-hybridized carbons (Fsp3) is 0.667. The lowest BCUT2D eigenvalue weighted by Gasteiger charge is -2.15. The Labute approximate surface area is 72.2 Å². The second kappa shape index (κ2) is 4.60. The molecular weight excluding hydrogens is 156 g/mol. The van der Waals surface area contributed by atoms with Gasteiger partial charge in [-0.3, -0.25) is 4.79 Å². The first-order valence-corrected chi connectivity index (χ1v) is 5.12. The van der Waals surface area contributed by atoms with Crippen molar-refractivity contribution in [3.63, 3.8) is 0 Å². The SMILES string of the molecule is CCCCC1CC(=O)C=CS1. The fourth-order valence-corrected chi connectivity index (χ4v) is 2.18. The minimum absolute atomic E-state index is 0.296. The first-order valence-electron chi connectivity index (χ1n) is 4.17. The number of allylic oxidation sites excluding steroid dienone is 1. The summed E-state index contributed by atoms with van der Waals surface area (Å²) in [4.78, 5) is 10.9. The number of thioether (sulfide) groups is 1. The Balaban J connectivity index is 2.26. The Hall–Kier alpha value is -0.240. The summed E-state index contributed by atoms with van der Waals surface area (Å²) < 4.78 is 0. The molecule has 0 aromatic heterocycles. The summed E-state index contributed by atoms with van der Waals surface area (Å²) in [5.74, 6) is 0.296. The standard InChI is InChI=1S/C9H14OS/c1-2-3-4-9-7-8(10)5-6-11-9/h5-6,9H,2-4,7H2,1H3. The van der Waals surface area contributed by atoms with E-state index in [2.05, 4.69) is 6.92 Å². The minimum Gasteiger partial charge on any atom is -0.295 e. The number of carbonyl (C=O) groups is 1. The molecule has 2 heteroatoms. The summed E-state index contributed by atoms with van der Waals surface area (Å²) in [5, 5.41) is 2.50. The van der Waals surface area contributed by atoms with Gasteiger partial charge in [0.15, 0.2) is 5.78 Å². The zero-order valence-corrected chi connectivity index (χ0v) is 7.69. The van der Waals surface area contributed by atoms with Crippen LogP contribution in [0, 0.1) is 0 Å². The van der Waals surface area contributed by atoms with Crippen LogP contribution in [0.2, 0.25) is 0 Å². The van der Waals surface area contributed by atoms with Gasteiger partial charge in [-0.15, -0.1) is 11.8 Å². The molecule has 0 N–H and O–H groups in total. The highest BCUT2D eigenvalue weighted by atomic mass is 32.2. The summed E-state index contributed by atoms with van der Waals surface area (Å²) in [6.07, 6.45) is 6.11. The van der Waals surface area contributed by atoms with Crippen LogP contribution in [-0.4, -0.2) is 11.0 Å². The van der Waals surface area contributed by atoms with Gasteiger partial charge in [-0.1, -0.05) is 19.8 Å². The number of unbranched alkanes of at least 4 members (excludes halogenated alkanes) is 1. The molecule has 0 aromatic rings. The van der Waals surface area contributed by atoms with E-state index in [1.807, 2.05) is 5.41 Å². The van der Waals surface area contributed by atoms with Crippen molar-refractivity contribution in [3.8, 4) is 0 Å². The predicted molar refractivity (Wildman–Crippen MR) is 49.7 cm³/mol. The van der Waals surface area contributed by atoms with Gasteiger partial charge in [0, 0.05) is 11.7 Å². The van der Waals surface area contributed by atoms with E-state index in [9.17, 15) is 4.79 Å². The molecular formula is C9H14OS. The van der Waals surface area contributed by atoms with Crippen LogP contribution in [0.15, 0.2) is 11.5 Å². The van der Waals surface area contributed by atoms with Crippen LogP contribution in [0.3, 0.4) is 0 Å². The minimum atomic E-state index is 0.296. The number of rotatable bonds is 3. The van der Waals surface area contributed by atoms with E-state index in [1.165, 1.54) is 19.3 Å². The van der Waals surface area contributed by atoms with Crippen LogP contribution in [0.1, 0.15) is 32.6 Å². The van der Waals surface area contributed by atoms with Gasteiger partial charge in [-0.05, 0) is 17.9 Å². The highest BCUT2D eigenvalue weighted by molar-refractivity contribution is 8.02. The zero-order valence-electron chi connectivity index (χ0n) is 6.88. The smallest absolute Gasteiger partial charge is 0.157 e. The van der Waals surface area contributed by atoms with Crippen molar-refractivity contribution in [1.29, 1.82) is 0 Å². The molecule has 0 fully saturated rings. The van der Waals surface area contributed by atoms with E-state index in [0.717, 1.165) is 6.42 Å². The number of carbonyl (C=O) groups excluding carboxylic acids is 1. The molecule has 0 aliphatic carbocycles. The Morgan fingerprint density at radius 3 is 3.18 bits per heavy atom. The second-order valence-corrected chi connectivity index (χ2v) is 4.08. The maximum atomic E-state index is 10.9. The lowest BCUT2D eigenvalue weighted by molar-refractivity contribution is -0.114. The summed E-state index contributed by atoms with van der Waals surface area (Å²) in [7, 11) is 0. The van der Waals surface area contributed by atoms with Gasteiger partial charge in [0.25, 0.3) is 0 Å². The first-order chi connectivity index (χ1) is 5.33. The van der Waals surface area contributed by atoms with Gasteiger partial charge in [0.05, 0.1) is 0 Å². The molecule has 1 atom stereocenters. The monoisotopic (exact) mass is 170 g/mol. The van der Waals surface area contributed by atoms with Crippen molar-refractivity contribution in [2.45, 2.75) is 37.9 Å². The molecule has 1 heterocycles. The third-order valence-electron chi connectivity index (χ3n) is 1.83. The Morgan fingerprint density at radius 1 is 1.73 bits per heavy atom. The molecule has 11 heavy (non-hydrogen) atoms. The van der Waals surface area contributed by atoms with Crippen molar-refractivity contribution in [2.75, 3.05) is 0 Å². The van der Waals surface area contributed by atoms with E-state index in [1.54, 1.807) is 17.8 Å². The van der Waals surface area contributed by atoms with E-state index < -0.39 is 0 Å². The number of hydrogen-bond donors (Lipinski definition) is 0. The predicted octanol–water partition coefficient (Wildman–Crippen LogP) is 2.76. The molecule has 0 aromatic carbocycles. The van der Waals surface area contributed by atoms with Gasteiger partial charge in [0.2, 0.25) is 0 Å². The topological polar surface area (TPSA) is 17.1 Å². The van der Waals surface area contributed by atoms with Crippen LogP contribution in [-0.2, 0) is 4.79 Å². The molecule has 1 rings (SSSR count). The number of ketones is 1. The third-order valence-corrected chi connectivity index (χ3v) is 2.91. The van der Waals surface area contributed by atoms with Gasteiger partial charge in [-0.25, -0.2) is 0 Å². The highest BCUT2D eigenvalue weighted by Crippen LogP contribution is 2.25. The van der Waals surface area contributed by atoms with Crippen molar-refractivity contribution < 1.29 is 4.79 Å². The van der Waals surface area contributed by atoms with E-state index in [4.69, 9.17) is 0 Å². The first kappa shape index (κ1) is 8.85. The van der Waals surface area contributed by atoms with Crippen LogP contribution in [0.25, 0.3) is 0 Å². The lowest BCUT2D eigenvalue weighted by atomic mass is 10.1. The average Bonchev–Trinajstić information content (AvgIpc) is 2.01. The normalized spacial score (nSPS) is 24.1. The van der Waals surface area contributed by atoms with Crippen LogP contribution >= 0.6 is 11.8 Å². The maximum Gasteiger partial charge on any atom is 0.157 e. The zero-order chi connectivity index (χ0) is 8.10. The summed E-state index contributed by atoms with van der Waals surface area (Å²) in [5.41, 5.74) is 0. The molecule has 0 saturated carbocycles. The van der Waals surface area contributed by atoms with Crippen molar-refractivity contribution >= 4 is 17.5 Å². The number of hydrogen-bond acceptors (Lipinski definition) is 2. The molecule has 62 valence electrons. The molecule has 0 spiro atoms. The molecule has 1 unspecified atom stereocenters. The second-order valence-electron chi connectivity index (χ2n) is 2.87. The Kier molecular flexibility index (Phi) is 3.70. The molecule has 0 saturated heterocycles. The molecule has 1 aliphatic rings. The van der Waals surface area contributed by atoms with Gasteiger partial charge < -0.3 is 0 Å². The van der Waals surface area contributed by atoms with Crippen molar-refractivity contribution in [1.82, 2.24) is 0 Å². The Bertz CT molecular complexity index is 163. The fourth-order valence-electron chi connectivity index (χ4n) is 1.17. The molecule has 0 bridgehead atoms. The summed E-state index contributed by atoms with van der Waals surface area (Å²) >= 11 is 1.81. The highest BCUT2D eigenvalue weighted by Gasteiger charge is 2.14. The van der Waals surface area contributed by atoms with E-state index >= 15 is 0 Å². The molecule has 1 aliphatic heterocycles. The van der Waals surface area contributed by atoms with Gasteiger partial charge in [-0.2, -0.15) is 0 Å². The summed E-state index contributed by atoms with van der Waals surface area (Å²) in [6, 6.07) is 0. The van der Waals surface area contributed by atoms with Crippen LogP contribution in [0.5, 0.6) is 0 Å². The van der Waals surface area contributed by atoms with Crippen molar-refractivity contribution in [3.05, 3.63) is 11.5 Å². The summed E-state index contributed by atoms with van der Waals surface area (Å²) in [6.45, 7) is 2.19. The van der Waals surface area contributed by atoms with E-state index in [-0.39, 0.29) is 0 Å². The van der Waals surface area contributed by atoms with Gasteiger partial charge in [0.1, 0.15) is 0 Å². The molecule has 1 nitrogen and oxygen atoms in total. The quantitative estimate of drug-likeness (QED) is 0.648. The lowest BCUT2D eigenvalue weighted by Crippen LogP contribution is -2.11. The van der Waals surface area contributed by atoms with Crippen LogP contribution in [0.4, 0.5) is 0 Å². The molecule has 0 amide bonds. The van der Waals surface area contributed by atoms with Crippen molar-refractivity contribution in [2.24, 2.45) is 0 Å². The molecule has 0 radical (unpaired) electrons. The van der Waals surface area contributed by atoms with Gasteiger partial charge >= 0.3 is 0 Å². The van der Waals surface area contributed by atoms with E-state index in [0.29, 0.717) is 11.0 Å². The largest absolute Gasteiger partial charge is 0.295 e.